The second kappa shape index (κ2) is 5.17. The molecule has 98 valence electrons. The van der Waals surface area contributed by atoms with Crippen molar-refractivity contribution < 1.29 is 9.18 Å². The Morgan fingerprint density at radius 2 is 2.21 bits per heavy atom. The molecular weight excluding hydrogens is 327 g/mol. The molecule has 1 atom stereocenters. The Balaban J connectivity index is 1.97. The van der Waals surface area contributed by atoms with Gasteiger partial charge in [0, 0.05) is 20.8 Å². The Labute approximate surface area is 123 Å². The van der Waals surface area contributed by atoms with Crippen LogP contribution in [-0.4, -0.2) is 5.78 Å². The molecule has 2 aromatic rings. The second-order valence-electron chi connectivity index (χ2n) is 4.77. The highest BCUT2D eigenvalue weighted by Gasteiger charge is 2.28. The maximum Gasteiger partial charge on any atom is 0.170 e. The second-order valence-corrected chi connectivity index (χ2v) is 6.68. The van der Waals surface area contributed by atoms with E-state index in [0.29, 0.717) is 10.0 Å². The van der Waals surface area contributed by atoms with Crippen LogP contribution in [0.15, 0.2) is 34.1 Å². The largest absolute Gasteiger partial charge is 0.293 e. The number of Topliss-reactive ketones (excluding diaryl/α,β-unsaturated/α-hetero) is 1. The van der Waals surface area contributed by atoms with E-state index >= 15 is 0 Å². The Hall–Kier alpha value is -1.00. The molecule has 0 aliphatic heterocycles. The average Bonchev–Trinajstić information content (AvgIpc) is 2.84. The summed E-state index contributed by atoms with van der Waals surface area (Å²) in [5, 5.41) is 2.04. The first kappa shape index (κ1) is 13.0. The molecule has 4 heteroatoms. The summed E-state index contributed by atoms with van der Waals surface area (Å²) in [6, 6.07) is 6.43. The summed E-state index contributed by atoms with van der Waals surface area (Å²) in [5.41, 5.74) is 1.59. The molecule has 19 heavy (non-hydrogen) atoms. The number of benzene rings is 1. The average molecular weight is 339 g/mol. The molecule has 1 aliphatic rings. The van der Waals surface area contributed by atoms with Crippen LogP contribution < -0.4 is 0 Å². The van der Waals surface area contributed by atoms with Crippen LogP contribution in [0.2, 0.25) is 0 Å². The third-order valence-electron chi connectivity index (χ3n) is 3.52. The standard InChI is InChI=1S/C15H12BrFOS/c16-10-6-9(7-11(17)8-10)15(18)13-2-1-3-14-12(13)4-5-19-14/h4-8,13H,1-3H2. The molecule has 1 aromatic carbocycles. The van der Waals surface area contributed by atoms with Crippen LogP contribution in [0.4, 0.5) is 4.39 Å². The summed E-state index contributed by atoms with van der Waals surface area (Å²) in [6.07, 6.45) is 2.95. The fraction of sp³-hybridized carbons (Fsp3) is 0.267. The number of carbonyl (C=O) groups excluding carboxylic acids is 1. The number of rotatable bonds is 2. The molecule has 1 nitrogen and oxygen atoms in total. The lowest BCUT2D eigenvalue weighted by atomic mass is 9.82. The summed E-state index contributed by atoms with van der Waals surface area (Å²) in [5.74, 6) is -0.456. The maximum atomic E-state index is 13.4. The maximum absolute atomic E-state index is 13.4. The number of ketones is 1. The SMILES string of the molecule is O=C(c1cc(F)cc(Br)c1)C1CCCc2sccc21. The topological polar surface area (TPSA) is 17.1 Å². The van der Waals surface area contributed by atoms with E-state index in [1.54, 1.807) is 17.4 Å². The van der Waals surface area contributed by atoms with Gasteiger partial charge in [-0.1, -0.05) is 15.9 Å². The van der Waals surface area contributed by atoms with Crippen molar-refractivity contribution in [3.63, 3.8) is 0 Å². The van der Waals surface area contributed by atoms with Gasteiger partial charge in [0.25, 0.3) is 0 Å². The lowest BCUT2D eigenvalue weighted by Gasteiger charge is -2.21. The fourth-order valence-electron chi connectivity index (χ4n) is 2.66. The van der Waals surface area contributed by atoms with E-state index in [-0.39, 0.29) is 17.5 Å². The van der Waals surface area contributed by atoms with Gasteiger partial charge < -0.3 is 0 Å². The highest BCUT2D eigenvalue weighted by Crippen LogP contribution is 2.37. The minimum atomic E-state index is -0.376. The van der Waals surface area contributed by atoms with Gasteiger partial charge in [0.2, 0.25) is 0 Å². The van der Waals surface area contributed by atoms with Gasteiger partial charge in [-0.3, -0.25) is 4.79 Å². The zero-order valence-electron chi connectivity index (χ0n) is 10.2. The van der Waals surface area contributed by atoms with E-state index in [1.165, 1.54) is 17.0 Å². The van der Waals surface area contributed by atoms with Crippen molar-refractivity contribution in [2.45, 2.75) is 25.2 Å². The summed E-state index contributed by atoms with van der Waals surface area (Å²) < 4.78 is 14.0. The van der Waals surface area contributed by atoms with E-state index in [2.05, 4.69) is 15.9 Å². The highest BCUT2D eigenvalue weighted by molar-refractivity contribution is 9.10. The molecular formula is C15H12BrFOS. The first-order valence-corrected chi connectivity index (χ1v) is 7.89. The molecule has 0 N–H and O–H groups in total. The van der Waals surface area contributed by atoms with Crippen molar-refractivity contribution in [2.24, 2.45) is 0 Å². The van der Waals surface area contributed by atoms with Gasteiger partial charge in [-0.2, -0.15) is 0 Å². The Morgan fingerprint density at radius 1 is 1.37 bits per heavy atom. The molecule has 0 radical (unpaired) electrons. The monoisotopic (exact) mass is 338 g/mol. The molecule has 0 amide bonds. The lowest BCUT2D eigenvalue weighted by Crippen LogP contribution is -2.17. The van der Waals surface area contributed by atoms with Crippen molar-refractivity contribution in [2.75, 3.05) is 0 Å². The van der Waals surface area contributed by atoms with Crippen LogP contribution in [0.25, 0.3) is 0 Å². The van der Waals surface area contributed by atoms with Gasteiger partial charge in [0.05, 0.1) is 0 Å². The molecule has 0 bridgehead atoms. The molecule has 1 aromatic heterocycles. The summed E-state index contributed by atoms with van der Waals surface area (Å²) in [6.45, 7) is 0. The number of hydrogen-bond acceptors (Lipinski definition) is 2. The number of thiophene rings is 1. The van der Waals surface area contributed by atoms with E-state index in [9.17, 15) is 9.18 Å². The van der Waals surface area contributed by atoms with Gasteiger partial charge in [-0.25, -0.2) is 4.39 Å². The number of aryl methyl sites for hydroxylation is 1. The number of halogens is 2. The van der Waals surface area contributed by atoms with E-state index < -0.39 is 0 Å². The molecule has 1 aliphatic carbocycles. The van der Waals surface area contributed by atoms with Crippen molar-refractivity contribution in [1.29, 1.82) is 0 Å². The van der Waals surface area contributed by atoms with Crippen LogP contribution in [0.5, 0.6) is 0 Å². The summed E-state index contributed by atoms with van der Waals surface area (Å²) in [4.78, 5) is 13.9. The van der Waals surface area contributed by atoms with Crippen LogP contribution >= 0.6 is 27.3 Å². The van der Waals surface area contributed by atoms with Crippen molar-refractivity contribution in [1.82, 2.24) is 0 Å². The molecule has 0 saturated heterocycles. The van der Waals surface area contributed by atoms with Gasteiger partial charge in [-0.15, -0.1) is 11.3 Å². The first-order valence-electron chi connectivity index (χ1n) is 6.22. The quantitative estimate of drug-likeness (QED) is 0.708. The molecule has 1 heterocycles. The minimum Gasteiger partial charge on any atom is -0.293 e. The summed E-state index contributed by atoms with van der Waals surface area (Å²) in [7, 11) is 0. The van der Waals surface area contributed by atoms with Crippen LogP contribution in [0, 0.1) is 5.82 Å². The fourth-order valence-corrected chi connectivity index (χ4v) is 4.11. The molecule has 0 spiro atoms. The minimum absolute atomic E-state index is 0.0274. The predicted octanol–water partition coefficient (Wildman–Crippen LogP) is 4.95. The number of hydrogen-bond donors (Lipinski definition) is 0. The predicted molar refractivity (Wildman–Crippen MR) is 78.4 cm³/mol. The molecule has 1 unspecified atom stereocenters. The van der Waals surface area contributed by atoms with E-state index in [0.717, 1.165) is 24.8 Å². The molecule has 0 fully saturated rings. The van der Waals surface area contributed by atoms with Crippen molar-refractivity contribution >= 4 is 33.0 Å². The van der Waals surface area contributed by atoms with Crippen LogP contribution in [0.3, 0.4) is 0 Å². The van der Waals surface area contributed by atoms with Gasteiger partial charge >= 0.3 is 0 Å². The smallest absolute Gasteiger partial charge is 0.170 e. The zero-order chi connectivity index (χ0) is 13.4. The Bertz CT molecular complexity index is 615. The van der Waals surface area contributed by atoms with Gasteiger partial charge in [0.15, 0.2) is 5.78 Å². The van der Waals surface area contributed by atoms with Gasteiger partial charge in [0.1, 0.15) is 5.82 Å². The third-order valence-corrected chi connectivity index (χ3v) is 4.97. The molecule has 0 saturated carbocycles. The zero-order valence-corrected chi connectivity index (χ0v) is 12.6. The number of fused-ring (bicyclic) bond motifs is 1. The molecule has 3 rings (SSSR count). The highest BCUT2D eigenvalue weighted by atomic mass is 79.9. The summed E-state index contributed by atoms with van der Waals surface area (Å²) >= 11 is 4.95. The Kier molecular flexibility index (Phi) is 3.54. The first-order chi connectivity index (χ1) is 9.15. The van der Waals surface area contributed by atoms with Crippen LogP contribution in [0.1, 0.15) is 39.6 Å². The van der Waals surface area contributed by atoms with Gasteiger partial charge in [-0.05, 0) is 54.5 Å². The van der Waals surface area contributed by atoms with Crippen molar-refractivity contribution in [3.8, 4) is 0 Å². The Morgan fingerprint density at radius 3 is 3.00 bits per heavy atom. The third kappa shape index (κ3) is 2.51. The van der Waals surface area contributed by atoms with Crippen molar-refractivity contribution in [3.05, 3.63) is 55.9 Å². The van der Waals surface area contributed by atoms with E-state index in [4.69, 9.17) is 0 Å². The number of carbonyl (C=O) groups is 1. The normalized spacial score (nSPS) is 18.1. The lowest BCUT2D eigenvalue weighted by molar-refractivity contribution is 0.0951. The van der Waals surface area contributed by atoms with E-state index in [1.807, 2.05) is 11.4 Å². The van der Waals surface area contributed by atoms with Crippen LogP contribution in [-0.2, 0) is 6.42 Å².